The summed E-state index contributed by atoms with van der Waals surface area (Å²) in [7, 11) is 0. The fraction of sp³-hybridized carbons (Fsp3) is 0.467. The van der Waals surface area contributed by atoms with E-state index in [1.54, 1.807) is 4.90 Å². The van der Waals surface area contributed by atoms with Crippen LogP contribution in [-0.4, -0.2) is 36.5 Å². The number of ether oxygens (including phenoxy) is 1. The lowest BCUT2D eigenvalue weighted by molar-refractivity contribution is -0.135. The van der Waals surface area contributed by atoms with Crippen LogP contribution in [0.5, 0.6) is 0 Å². The summed E-state index contributed by atoms with van der Waals surface area (Å²) >= 11 is 3.16. The average molecular weight is 358 g/mol. The van der Waals surface area contributed by atoms with Crippen LogP contribution in [0.4, 0.5) is 4.39 Å². The number of carbonyl (C=O) groups excluding carboxylic acids is 2. The number of esters is 1. The van der Waals surface area contributed by atoms with E-state index in [1.807, 2.05) is 0 Å². The summed E-state index contributed by atoms with van der Waals surface area (Å²) in [5.41, 5.74) is 0.0788. The highest BCUT2D eigenvalue weighted by Crippen LogP contribution is 2.19. The summed E-state index contributed by atoms with van der Waals surface area (Å²) in [6.45, 7) is 3.24. The molecule has 2 rings (SSSR count). The van der Waals surface area contributed by atoms with Gasteiger partial charge in [-0.25, -0.2) is 9.18 Å². The first-order chi connectivity index (χ1) is 9.97. The second-order valence-corrected chi connectivity index (χ2v) is 6.12. The largest absolute Gasteiger partial charge is 0.452 e. The van der Waals surface area contributed by atoms with Gasteiger partial charge in [-0.1, -0.05) is 6.92 Å². The molecular weight excluding hydrogens is 341 g/mol. The number of hydrogen-bond acceptors (Lipinski definition) is 3. The summed E-state index contributed by atoms with van der Waals surface area (Å²) in [6.07, 6.45) is 1.93. The summed E-state index contributed by atoms with van der Waals surface area (Å²) in [5, 5.41) is 0. The zero-order chi connectivity index (χ0) is 15.4. The van der Waals surface area contributed by atoms with Crippen molar-refractivity contribution in [2.45, 2.75) is 19.8 Å². The highest BCUT2D eigenvalue weighted by atomic mass is 79.9. The van der Waals surface area contributed by atoms with E-state index in [1.165, 1.54) is 12.1 Å². The summed E-state index contributed by atoms with van der Waals surface area (Å²) in [5.74, 6) is -0.816. The van der Waals surface area contributed by atoms with Gasteiger partial charge in [-0.2, -0.15) is 0 Å². The first-order valence-corrected chi connectivity index (χ1v) is 7.66. The van der Waals surface area contributed by atoms with Crippen LogP contribution in [0.2, 0.25) is 0 Å². The Morgan fingerprint density at radius 2 is 2.05 bits per heavy atom. The SMILES string of the molecule is CC1CCN(C(=O)COC(=O)c2cc(F)ccc2Br)CC1. The Hall–Kier alpha value is -1.43. The third-order valence-corrected chi connectivity index (χ3v) is 4.30. The number of halogens is 2. The van der Waals surface area contributed by atoms with Crippen molar-refractivity contribution in [2.24, 2.45) is 5.92 Å². The van der Waals surface area contributed by atoms with Gasteiger partial charge in [0.05, 0.1) is 5.56 Å². The number of carbonyl (C=O) groups is 2. The van der Waals surface area contributed by atoms with Crippen molar-refractivity contribution in [1.29, 1.82) is 0 Å². The molecule has 0 aromatic heterocycles. The van der Waals surface area contributed by atoms with Gasteiger partial charge >= 0.3 is 5.97 Å². The highest BCUT2D eigenvalue weighted by molar-refractivity contribution is 9.10. The van der Waals surface area contributed by atoms with Crippen molar-refractivity contribution in [3.8, 4) is 0 Å². The average Bonchev–Trinajstić information content (AvgIpc) is 2.47. The normalized spacial score (nSPS) is 15.9. The minimum absolute atomic E-state index is 0.0788. The molecule has 0 aliphatic carbocycles. The van der Waals surface area contributed by atoms with E-state index in [-0.39, 0.29) is 18.1 Å². The van der Waals surface area contributed by atoms with Crippen molar-refractivity contribution >= 4 is 27.8 Å². The molecule has 0 spiro atoms. The smallest absolute Gasteiger partial charge is 0.339 e. The van der Waals surface area contributed by atoms with E-state index in [4.69, 9.17) is 4.74 Å². The number of benzene rings is 1. The molecule has 1 aromatic rings. The number of amides is 1. The van der Waals surface area contributed by atoms with E-state index in [2.05, 4.69) is 22.9 Å². The monoisotopic (exact) mass is 357 g/mol. The maximum absolute atomic E-state index is 13.1. The van der Waals surface area contributed by atoms with Gasteiger partial charge in [0.2, 0.25) is 0 Å². The molecule has 1 heterocycles. The van der Waals surface area contributed by atoms with Crippen molar-refractivity contribution in [2.75, 3.05) is 19.7 Å². The molecule has 0 saturated carbocycles. The minimum Gasteiger partial charge on any atom is -0.452 e. The molecule has 1 aliphatic rings. The number of nitrogens with zero attached hydrogens (tertiary/aromatic N) is 1. The summed E-state index contributed by atoms with van der Waals surface area (Å²) in [4.78, 5) is 25.5. The molecule has 1 fully saturated rings. The number of hydrogen-bond donors (Lipinski definition) is 0. The Morgan fingerprint density at radius 1 is 1.38 bits per heavy atom. The zero-order valence-electron chi connectivity index (χ0n) is 11.8. The molecule has 6 heteroatoms. The predicted octanol–water partition coefficient (Wildman–Crippen LogP) is 3.00. The van der Waals surface area contributed by atoms with Crippen LogP contribution < -0.4 is 0 Å². The maximum Gasteiger partial charge on any atom is 0.339 e. The van der Waals surface area contributed by atoms with Crippen LogP contribution in [0.15, 0.2) is 22.7 Å². The Morgan fingerprint density at radius 3 is 2.71 bits per heavy atom. The Balaban J connectivity index is 1.89. The molecule has 0 N–H and O–H groups in total. The molecular formula is C15H17BrFNO3. The summed E-state index contributed by atoms with van der Waals surface area (Å²) in [6, 6.07) is 3.75. The van der Waals surface area contributed by atoms with Gasteiger partial charge < -0.3 is 9.64 Å². The molecule has 4 nitrogen and oxygen atoms in total. The Bertz CT molecular complexity index is 542. The molecule has 1 aliphatic heterocycles. The predicted molar refractivity (Wildman–Crippen MR) is 79.4 cm³/mol. The second-order valence-electron chi connectivity index (χ2n) is 5.26. The molecule has 1 amide bonds. The van der Waals surface area contributed by atoms with Crippen molar-refractivity contribution < 1.29 is 18.7 Å². The van der Waals surface area contributed by atoms with Crippen LogP contribution in [0, 0.1) is 11.7 Å². The van der Waals surface area contributed by atoms with Gasteiger partial charge in [0.1, 0.15) is 5.82 Å². The van der Waals surface area contributed by atoms with Gasteiger partial charge in [-0.05, 0) is 52.9 Å². The van der Waals surface area contributed by atoms with E-state index in [0.717, 1.165) is 18.9 Å². The van der Waals surface area contributed by atoms with E-state index >= 15 is 0 Å². The number of rotatable bonds is 3. The maximum atomic E-state index is 13.1. The van der Waals surface area contributed by atoms with Gasteiger partial charge in [-0.3, -0.25) is 4.79 Å². The highest BCUT2D eigenvalue weighted by Gasteiger charge is 2.22. The fourth-order valence-corrected chi connectivity index (χ4v) is 2.62. The van der Waals surface area contributed by atoms with E-state index < -0.39 is 11.8 Å². The zero-order valence-corrected chi connectivity index (χ0v) is 13.4. The number of piperidine rings is 1. The van der Waals surface area contributed by atoms with E-state index in [0.29, 0.717) is 23.5 Å². The molecule has 1 saturated heterocycles. The van der Waals surface area contributed by atoms with Gasteiger partial charge in [0.15, 0.2) is 6.61 Å². The molecule has 21 heavy (non-hydrogen) atoms. The lowest BCUT2D eigenvalue weighted by Crippen LogP contribution is -2.40. The van der Waals surface area contributed by atoms with Crippen molar-refractivity contribution in [1.82, 2.24) is 4.90 Å². The van der Waals surface area contributed by atoms with Crippen molar-refractivity contribution in [3.63, 3.8) is 0 Å². The topological polar surface area (TPSA) is 46.6 Å². The van der Waals surface area contributed by atoms with Gasteiger partial charge in [0, 0.05) is 17.6 Å². The quantitative estimate of drug-likeness (QED) is 0.781. The van der Waals surface area contributed by atoms with Gasteiger partial charge in [-0.15, -0.1) is 0 Å². The third-order valence-electron chi connectivity index (χ3n) is 3.61. The lowest BCUT2D eigenvalue weighted by Gasteiger charge is -2.30. The second kappa shape index (κ2) is 7.02. The van der Waals surface area contributed by atoms with Gasteiger partial charge in [0.25, 0.3) is 5.91 Å². The molecule has 114 valence electrons. The minimum atomic E-state index is -0.708. The first-order valence-electron chi connectivity index (χ1n) is 6.87. The van der Waals surface area contributed by atoms with Crippen LogP contribution >= 0.6 is 15.9 Å². The van der Waals surface area contributed by atoms with Crippen LogP contribution in [-0.2, 0) is 9.53 Å². The third kappa shape index (κ3) is 4.27. The van der Waals surface area contributed by atoms with E-state index in [9.17, 15) is 14.0 Å². The lowest BCUT2D eigenvalue weighted by atomic mass is 9.99. The number of likely N-dealkylation sites (tertiary alicyclic amines) is 1. The Labute approximate surface area is 131 Å². The molecule has 0 radical (unpaired) electrons. The summed E-state index contributed by atoms with van der Waals surface area (Å²) < 4.78 is 18.5. The van der Waals surface area contributed by atoms with Crippen LogP contribution in [0.25, 0.3) is 0 Å². The Kier molecular flexibility index (Phi) is 5.33. The molecule has 1 aromatic carbocycles. The molecule has 0 unspecified atom stereocenters. The molecule has 0 bridgehead atoms. The standard InChI is InChI=1S/C15H17BrFNO3/c1-10-4-6-18(7-5-10)14(19)9-21-15(20)12-8-11(17)2-3-13(12)16/h2-3,8,10H,4-7,9H2,1H3. The molecule has 0 atom stereocenters. The van der Waals surface area contributed by atoms with Crippen LogP contribution in [0.1, 0.15) is 30.1 Å². The van der Waals surface area contributed by atoms with Crippen LogP contribution in [0.3, 0.4) is 0 Å². The van der Waals surface area contributed by atoms with Crippen molar-refractivity contribution in [3.05, 3.63) is 34.1 Å². The first kappa shape index (κ1) is 15.9. The fourth-order valence-electron chi connectivity index (χ4n) is 2.21.